The molecule has 0 heterocycles. The van der Waals surface area contributed by atoms with Gasteiger partial charge >= 0.3 is 0 Å². The van der Waals surface area contributed by atoms with Crippen LogP contribution in [0, 0.1) is 0 Å². The summed E-state index contributed by atoms with van der Waals surface area (Å²) < 4.78 is 0. The minimum absolute atomic E-state index is 0.221. The Morgan fingerprint density at radius 3 is 0.909 bits per heavy atom. The first kappa shape index (κ1) is 23.2. The molecular formula is C29H26O2P2. The van der Waals surface area contributed by atoms with Crippen molar-refractivity contribution in [2.75, 3.05) is 0 Å². The Hall–Kier alpha value is -2.92. The first-order chi connectivity index (χ1) is 16.2. The van der Waals surface area contributed by atoms with Gasteiger partial charge < -0.3 is 0 Å². The lowest BCUT2D eigenvalue weighted by molar-refractivity contribution is -0.112. The Kier molecular flexibility index (Phi) is 8.31. The summed E-state index contributed by atoms with van der Waals surface area (Å²) in [6.45, 7) is 0. The van der Waals surface area contributed by atoms with Crippen LogP contribution in [0.3, 0.4) is 0 Å². The largest absolute Gasteiger partial charge is 0.294 e. The van der Waals surface area contributed by atoms with E-state index in [4.69, 9.17) is 0 Å². The topological polar surface area (TPSA) is 34.1 Å². The Bertz CT molecular complexity index is 989. The highest BCUT2D eigenvalue weighted by atomic mass is 31.1. The average molecular weight is 468 g/mol. The third kappa shape index (κ3) is 6.11. The number of hydrogen-bond acceptors (Lipinski definition) is 2. The normalized spacial score (nSPS) is 11.0. The number of carbonyl (C=O) groups is 2. The van der Waals surface area contributed by atoms with Gasteiger partial charge in [0, 0.05) is 28.7 Å². The molecule has 0 aliphatic carbocycles. The van der Waals surface area contributed by atoms with E-state index in [1.54, 1.807) is 0 Å². The van der Waals surface area contributed by atoms with Crippen LogP contribution in [-0.4, -0.2) is 11.0 Å². The zero-order valence-corrected chi connectivity index (χ0v) is 20.2. The van der Waals surface area contributed by atoms with Gasteiger partial charge in [-0.25, -0.2) is 0 Å². The number of rotatable bonds is 10. The van der Waals surface area contributed by atoms with Gasteiger partial charge in [0.1, 0.15) is 0 Å². The maximum absolute atomic E-state index is 13.4. The van der Waals surface area contributed by atoms with E-state index in [0.717, 1.165) is 21.2 Å². The summed E-state index contributed by atoms with van der Waals surface area (Å²) in [5.74, 6) is 0. The molecule has 4 rings (SSSR count). The molecule has 33 heavy (non-hydrogen) atoms. The summed E-state index contributed by atoms with van der Waals surface area (Å²) in [5, 5.41) is 4.24. The van der Waals surface area contributed by atoms with Crippen molar-refractivity contribution in [1.29, 1.82) is 0 Å². The molecule has 2 nitrogen and oxygen atoms in total. The highest BCUT2D eigenvalue weighted by Crippen LogP contribution is 2.39. The van der Waals surface area contributed by atoms with Crippen molar-refractivity contribution >= 4 is 48.1 Å². The van der Waals surface area contributed by atoms with Gasteiger partial charge in [-0.15, -0.1) is 0 Å². The van der Waals surface area contributed by atoms with E-state index in [1.165, 1.54) is 0 Å². The molecule has 0 radical (unpaired) electrons. The summed E-state index contributed by atoms with van der Waals surface area (Å²) in [6.07, 6.45) is 1.40. The first-order valence-corrected chi connectivity index (χ1v) is 13.8. The summed E-state index contributed by atoms with van der Waals surface area (Å²) in [4.78, 5) is 26.7. The number of carbonyl (C=O) groups excluding carboxylic acids is 2. The minimum Gasteiger partial charge on any atom is -0.294 e. The Morgan fingerprint density at radius 1 is 0.424 bits per heavy atom. The van der Waals surface area contributed by atoms with Crippen molar-refractivity contribution in [3.63, 3.8) is 0 Å². The molecule has 0 saturated heterocycles. The van der Waals surface area contributed by atoms with E-state index in [1.807, 2.05) is 121 Å². The number of hydrogen-bond donors (Lipinski definition) is 0. The van der Waals surface area contributed by atoms with Gasteiger partial charge in [0.25, 0.3) is 0 Å². The SMILES string of the molecule is O=C(CCCC(=O)P(c1ccccc1)c1ccccc1)P(c1ccccc1)c1ccccc1. The van der Waals surface area contributed by atoms with Crippen molar-refractivity contribution in [2.24, 2.45) is 0 Å². The maximum Gasteiger partial charge on any atom is 0.163 e. The Morgan fingerprint density at radius 2 is 0.667 bits per heavy atom. The summed E-state index contributed by atoms with van der Waals surface area (Å²) in [7, 11) is -2.18. The molecule has 0 N–H and O–H groups in total. The molecular weight excluding hydrogens is 442 g/mol. The maximum atomic E-state index is 13.4. The minimum atomic E-state index is -1.09. The molecule has 0 fully saturated rings. The Labute approximate surface area is 198 Å². The monoisotopic (exact) mass is 468 g/mol. The fourth-order valence-corrected chi connectivity index (χ4v) is 8.19. The quantitative estimate of drug-likeness (QED) is 0.289. The van der Waals surface area contributed by atoms with Gasteiger partial charge in [-0.3, -0.25) is 9.59 Å². The Balaban J connectivity index is 1.47. The van der Waals surface area contributed by atoms with Crippen molar-refractivity contribution < 1.29 is 9.59 Å². The van der Waals surface area contributed by atoms with E-state index >= 15 is 0 Å². The second-order valence-corrected chi connectivity index (χ2v) is 12.1. The molecule has 0 bridgehead atoms. The van der Waals surface area contributed by atoms with Gasteiger partial charge in [-0.05, 0) is 27.6 Å². The first-order valence-electron chi connectivity index (χ1n) is 11.1. The van der Waals surface area contributed by atoms with Crippen LogP contribution >= 0.6 is 15.8 Å². The van der Waals surface area contributed by atoms with E-state index in [2.05, 4.69) is 0 Å². The van der Waals surface area contributed by atoms with Crippen molar-refractivity contribution in [1.82, 2.24) is 0 Å². The zero-order valence-electron chi connectivity index (χ0n) is 18.4. The van der Waals surface area contributed by atoms with Crippen molar-refractivity contribution in [2.45, 2.75) is 19.3 Å². The van der Waals surface area contributed by atoms with Crippen LogP contribution in [0.25, 0.3) is 0 Å². The fraction of sp³-hybridized carbons (Fsp3) is 0.103. The smallest absolute Gasteiger partial charge is 0.163 e. The van der Waals surface area contributed by atoms with Crippen LogP contribution in [0.5, 0.6) is 0 Å². The molecule has 0 aromatic heterocycles. The molecule has 4 heteroatoms. The van der Waals surface area contributed by atoms with Gasteiger partial charge in [0.2, 0.25) is 0 Å². The second-order valence-electron chi connectivity index (χ2n) is 7.65. The third-order valence-corrected chi connectivity index (χ3v) is 10.0. The molecule has 0 aliphatic heterocycles. The molecule has 0 aliphatic rings. The predicted molar refractivity (Wildman–Crippen MR) is 142 cm³/mol. The van der Waals surface area contributed by atoms with Crippen molar-refractivity contribution in [3.8, 4) is 0 Å². The van der Waals surface area contributed by atoms with E-state index in [9.17, 15) is 9.59 Å². The lowest BCUT2D eigenvalue weighted by atomic mass is 10.3. The van der Waals surface area contributed by atoms with Gasteiger partial charge in [0.05, 0.1) is 0 Å². The summed E-state index contributed by atoms with van der Waals surface area (Å²) in [5.41, 5.74) is 0.442. The zero-order chi connectivity index (χ0) is 22.9. The molecule has 0 atom stereocenters. The summed E-state index contributed by atoms with van der Waals surface area (Å²) in [6, 6.07) is 40.0. The second kappa shape index (κ2) is 11.8. The standard InChI is InChI=1S/C29H26O2P2/c30-28(32(24-14-5-1-6-15-24)25-16-7-2-8-17-25)22-13-23-29(31)33(26-18-9-3-10-19-26)27-20-11-4-12-21-27/h1-12,14-21H,13,22-23H2. The molecule has 4 aromatic rings. The van der Waals surface area contributed by atoms with E-state index in [0.29, 0.717) is 19.3 Å². The van der Waals surface area contributed by atoms with Crippen LogP contribution in [-0.2, 0) is 9.59 Å². The van der Waals surface area contributed by atoms with Crippen LogP contribution in [0.1, 0.15) is 19.3 Å². The van der Waals surface area contributed by atoms with Gasteiger partial charge in [-0.2, -0.15) is 0 Å². The van der Waals surface area contributed by atoms with E-state index in [-0.39, 0.29) is 11.0 Å². The number of benzene rings is 4. The third-order valence-electron chi connectivity index (χ3n) is 5.34. The molecule has 0 spiro atoms. The molecule has 0 amide bonds. The highest BCUT2D eigenvalue weighted by molar-refractivity contribution is 7.88. The van der Waals surface area contributed by atoms with Crippen LogP contribution in [0.4, 0.5) is 0 Å². The molecule has 4 aromatic carbocycles. The van der Waals surface area contributed by atoms with E-state index < -0.39 is 15.8 Å². The highest BCUT2D eigenvalue weighted by Gasteiger charge is 2.24. The van der Waals surface area contributed by atoms with Crippen LogP contribution in [0.15, 0.2) is 121 Å². The average Bonchev–Trinajstić information content (AvgIpc) is 2.87. The van der Waals surface area contributed by atoms with Crippen LogP contribution < -0.4 is 21.2 Å². The van der Waals surface area contributed by atoms with Gasteiger partial charge in [-0.1, -0.05) is 121 Å². The molecule has 164 valence electrons. The lowest BCUT2D eigenvalue weighted by Gasteiger charge is -2.19. The van der Waals surface area contributed by atoms with Crippen LogP contribution in [0.2, 0.25) is 0 Å². The molecule has 0 unspecified atom stereocenters. The lowest BCUT2D eigenvalue weighted by Crippen LogP contribution is -2.19. The molecule has 0 saturated carbocycles. The van der Waals surface area contributed by atoms with Gasteiger partial charge in [0.15, 0.2) is 11.0 Å². The van der Waals surface area contributed by atoms with Crippen molar-refractivity contribution in [3.05, 3.63) is 121 Å². The fourth-order valence-electron chi connectivity index (χ4n) is 3.80. The summed E-state index contributed by atoms with van der Waals surface area (Å²) >= 11 is 0. The predicted octanol–water partition coefficient (Wildman–Crippen LogP) is 5.48.